The molecule has 132 valence electrons. The molecule has 0 spiro atoms. The van der Waals surface area contributed by atoms with Crippen LogP contribution in [0.4, 0.5) is 4.79 Å². The molecule has 1 aromatic carbocycles. The standard InChI is InChI=1S/C18H19NO6/c1-11(2)24-18(21)19-7-3-8-23-17-12-4-5-16(20)25-15(12)10-14-13(17)6-9-22-14/h4-6,9-11H,3,7-8H2,1-2H3,(H,19,21). The van der Waals surface area contributed by atoms with Crippen LogP contribution in [0.15, 0.2) is 44.2 Å². The molecule has 3 rings (SSSR count). The fourth-order valence-corrected chi connectivity index (χ4v) is 2.46. The number of hydrogen-bond donors (Lipinski definition) is 1. The van der Waals surface area contributed by atoms with E-state index >= 15 is 0 Å². The quantitative estimate of drug-likeness (QED) is 0.543. The number of carbonyl (C=O) groups excluding carboxylic acids is 1. The van der Waals surface area contributed by atoms with Crippen molar-refractivity contribution in [2.45, 2.75) is 26.4 Å². The minimum atomic E-state index is -0.445. The molecule has 1 amide bonds. The SMILES string of the molecule is CC(C)OC(=O)NCCCOc1c2ccoc2cc2oc(=O)ccc12. The molecule has 0 aliphatic carbocycles. The van der Waals surface area contributed by atoms with Gasteiger partial charge in [0, 0.05) is 18.7 Å². The lowest BCUT2D eigenvalue weighted by molar-refractivity contribution is 0.115. The first-order chi connectivity index (χ1) is 12.0. The van der Waals surface area contributed by atoms with Gasteiger partial charge in [-0.3, -0.25) is 0 Å². The van der Waals surface area contributed by atoms with Gasteiger partial charge >= 0.3 is 11.7 Å². The summed E-state index contributed by atoms with van der Waals surface area (Å²) in [6, 6.07) is 6.49. The first-order valence-electron chi connectivity index (χ1n) is 8.06. The second-order valence-electron chi connectivity index (χ2n) is 5.79. The molecule has 25 heavy (non-hydrogen) atoms. The van der Waals surface area contributed by atoms with Crippen molar-refractivity contribution in [1.29, 1.82) is 0 Å². The molecule has 0 radical (unpaired) electrons. The van der Waals surface area contributed by atoms with E-state index in [1.807, 2.05) is 0 Å². The van der Waals surface area contributed by atoms with Crippen LogP contribution < -0.4 is 15.7 Å². The molecule has 0 saturated heterocycles. The summed E-state index contributed by atoms with van der Waals surface area (Å²) in [5.74, 6) is 0.592. The number of rotatable bonds is 6. The third kappa shape index (κ3) is 3.93. The van der Waals surface area contributed by atoms with E-state index in [0.29, 0.717) is 41.9 Å². The number of alkyl carbamates (subject to hydrolysis) is 1. The molecule has 0 bridgehead atoms. The highest BCUT2D eigenvalue weighted by Crippen LogP contribution is 2.34. The Balaban J connectivity index is 1.69. The predicted molar refractivity (Wildman–Crippen MR) is 92.0 cm³/mol. The molecule has 0 saturated carbocycles. The highest BCUT2D eigenvalue weighted by atomic mass is 16.6. The van der Waals surface area contributed by atoms with Gasteiger partial charge in [0.2, 0.25) is 0 Å². The number of benzene rings is 1. The molecule has 2 heterocycles. The van der Waals surface area contributed by atoms with Crippen molar-refractivity contribution in [2.24, 2.45) is 0 Å². The van der Waals surface area contributed by atoms with E-state index in [1.165, 1.54) is 6.07 Å². The fourth-order valence-electron chi connectivity index (χ4n) is 2.46. The summed E-state index contributed by atoms with van der Waals surface area (Å²) < 4.78 is 21.5. The molecule has 3 aromatic rings. The van der Waals surface area contributed by atoms with Gasteiger partial charge < -0.3 is 23.6 Å². The number of nitrogens with one attached hydrogen (secondary N) is 1. The lowest BCUT2D eigenvalue weighted by Gasteiger charge is -2.11. The summed E-state index contributed by atoms with van der Waals surface area (Å²) in [6.07, 6.45) is 1.55. The van der Waals surface area contributed by atoms with Crippen LogP contribution in [-0.2, 0) is 4.74 Å². The van der Waals surface area contributed by atoms with Crippen LogP contribution in [0.1, 0.15) is 20.3 Å². The Labute approximate surface area is 143 Å². The molecular formula is C18H19NO6. The lowest BCUT2D eigenvalue weighted by Crippen LogP contribution is -2.28. The van der Waals surface area contributed by atoms with Crippen molar-refractivity contribution < 1.29 is 23.1 Å². The first kappa shape index (κ1) is 16.9. The molecule has 0 aliphatic rings. The van der Waals surface area contributed by atoms with E-state index in [2.05, 4.69) is 5.32 Å². The average Bonchev–Trinajstić information content (AvgIpc) is 3.00. The van der Waals surface area contributed by atoms with Gasteiger partial charge in [-0.15, -0.1) is 0 Å². The molecule has 0 fully saturated rings. The third-order valence-corrected chi connectivity index (χ3v) is 3.49. The smallest absolute Gasteiger partial charge is 0.407 e. The Morgan fingerprint density at radius 2 is 2.00 bits per heavy atom. The van der Waals surface area contributed by atoms with E-state index in [4.69, 9.17) is 18.3 Å². The van der Waals surface area contributed by atoms with Crippen LogP contribution in [0, 0.1) is 0 Å². The van der Waals surface area contributed by atoms with Crippen molar-refractivity contribution >= 4 is 28.0 Å². The van der Waals surface area contributed by atoms with Crippen molar-refractivity contribution in [3.63, 3.8) is 0 Å². The Kier molecular flexibility index (Phi) is 4.92. The van der Waals surface area contributed by atoms with Gasteiger partial charge in [0.15, 0.2) is 0 Å². The zero-order valence-corrected chi connectivity index (χ0v) is 14.0. The van der Waals surface area contributed by atoms with Crippen LogP contribution in [0.3, 0.4) is 0 Å². The van der Waals surface area contributed by atoms with Crippen molar-refractivity contribution in [1.82, 2.24) is 5.32 Å². The number of ether oxygens (including phenoxy) is 2. The topological polar surface area (TPSA) is 90.9 Å². The molecule has 0 aliphatic heterocycles. The Morgan fingerprint density at radius 1 is 1.20 bits per heavy atom. The maximum atomic E-state index is 11.4. The van der Waals surface area contributed by atoms with Gasteiger partial charge in [-0.1, -0.05) is 0 Å². The van der Waals surface area contributed by atoms with Crippen molar-refractivity contribution in [3.8, 4) is 5.75 Å². The monoisotopic (exact) mass is 345 g/mol. The van der Waals surface area contributed by atoms with Crippen LogP contribution in [-0.4, -0.2) is 25.3 Å². The van der Waals surface area contributed by atoms with Crippen LogP contribution in [0.25, 0.3) is 21.9 Å². The molecule has 2 aromatic heterocycles. The summed E-state index contributed by atoms with van der Waals surface area (Å²) in [7, 11) is 0. The summed E-state index contributed by atoms with van der Waals surface area (Å²) >= 11 is 0. The van der Waals surface area contributed by atoms with Crippen LogP contribution >= 0.6 is 0 Å². The molecule has 7 nitrogen and oxygen atoms in total. The summed E-state index contributed by atoms with van der Waals surface area (Å²) in [6.45, 7) is 4.38. The Bertz CT molecular complexity index is 940. The molecule has 0 atom stereocenters. The number of hydrogen-bond acceptors (Lipinski definition) is 6. The van der Waals surface area contributed by atoms with Gasteiger partial charge in [-0.25, -0.2) is 9.59 Å². The van der Waals surface area contributed by atoms with Gasteiger partial charge in [0.1, 0.15) is 16.9 Å². The zero-order chi connectivity index (χ0) is 17.8. The maximum Gasteiger partial charge on any atom is 0.407 e. The van der Waals surface area contributed by atoms with Crippen LogP contribution in [0.5, 0.6) is 5.75 Å². The Morgan fingerprint density at radius 3 is 2.80 bits per heavy atom. The van der Waals surface area contributed by atoms with Crippen LogP contribution in [0.2, 0.25) is 0 Å². The third-order valence-electron chi connectivity index (χ3n) is 3.49. The largest absolute Gasteiger partial charge is 0.492 e. The molecule has 1 N–H and O–H groups in total. The minimum absolute atomic E-state index is 0.157. The van der Waals surface area contributed by atoms with Gasteiger partial charge in [-0.2, -0.15) is 0 Å². The van der Waals surface area contributed by atoms with Crippen molar-refractivity contribution in [3.05, 3.63) is 40.9 Å². The van der Waals surface area contributed by atoms with Gasteiger partial charge in [0.25, 0.3) is 0 Å². The summed E-state index contributed by atoms with van der Waals surface area (Å²) in [4.78, 5) is 22.8. The second-order valence-corrected chi connectivity index (χ2v) is 5.79. The summed E-state index contributed by atoms with van der Waals surface area (Å²) in [5, 5.41) is 4.15. The molecule has 0 unspecified atom stereocenters. The fraction of sp³-hybridized carbons (Fsp3) is 0.333. The molecule has 7 heteroatoms. The number of amides is 1. The number of carbonyl (C=O) groups is 1. The predicted octanol–water partition coefficient (Wildman–Crippen LogP) is 3.44. The average molecular weight is 345 g/mol. The highest BCUT2D eigenvalue weighted by molar-refractivity contribution is 6.01. The Hall–Kier alpha value is -2.96. The summed E-state index contributed by atoms with van der Waals surface area (Å²) in [5.41, 5.74) is 0.552. The van der Waals surface area contributed by atoms with E-state index in [0.717, 1.165) is 5.39 Å². The zero-order valence-electron chi connectivity index (χ0n) is 14.0. The van der Waals surface area contributed by atoms with Gasteiger partial charge in [-0.05, 0) is 32.4 Å². The van der Waals surface area contributed by atoms with E-state index < -0.39 is 11.7 Å². The number of furan rings is 1. The first-order valence-corrected chi connectivity index (χ1v) is 8.06. The van der Waals surface area contributed by atoms with E-state index in [-0.39, 0.29) is 6.10 Å². The highest BCUT2D eigenvalue weighted by Gasteiger charge is 2.13. The number of fused-ring (bicyclic) bond motifs is 2. The van der Waals surface area contributed by atoms with E-state index in [9.17, 15) is 9.59 Å². The second kappa shape index (κ2) is 7.29. The van der Waals surface area contributed by atoms with E-state index in [1.54, 1.807) is 38.3 Å². The van der Waals surface area contributed by atoms with Gasteiger partial charge in [0.05, 0.1) is 29.7 Å². The maximum absolute atomic E-state index is 11.4. The normalized spacial score (nSPS) is 11.2. The minimum Gasteiger partial charge on any atom is -0.492 e. The lowest BCUT2D eigenvalue weighted by atomic mass is 10.1. The van der Waals surface area contributed by atoms with Crippen molar-refractivity contribution in [2.75, 3.05) is 13.2 Å². The molecular weight excluding hydrogens is 326 g/mol.